The molecule has 0 fully saturated rings. The lowest BCUT2D eigenvalue weighted by atomic mass is 10.1. The number of para-hydroxylation sites is 1. The quantitative estimate of drug-likeness (QED) is 0.570. The van der Waals surface area contributed by atoms with E-state index < -0.39 is 10.1 Å². The highest BCUT2D eigenvalue weighted by molar-refractivity contribution is 7.84. The fraction of sp³-hybridized carbons (Fsp3) is 0.167. The second kappa shape index (κ2) is 5.70. The number of hydrogen-bond acceptors (Lipinski definition) is 4. The normalized spacial score (nSPS) is 10.6. The van der Waals surface area contributed by atoms with Crippen molar-refractivity contribution in [3.05, 3.63) is 42.1 Å². The summed E-state index contributed by atoms with van der Waals surface area (Å²) in [5, 5.41) is 0.984. The number of fused-ring (bicyclic) bond motifs is 1. The molecular formula is C12H13NO4S. The minimum Gasteiger partial charge on any atom is -0.748 e. The number of H-pyrrole nitrogens is 1. The molecule has 5 nitrogen and oxygen atoms in total. The van der Waals surface area contributed by atoms with Gasteiger partial charge in [0.1, 0.15) is 0 Å². The van der Waals surface area contributed by atoms with E-state index >= 15 is 0 Å². The second-order valence-corrected chi connectivity index (χ2v) is 5.11. The molecule has 0 spiro atoms. The van der Waals surface area contributed by atoms with Crippen LogP contribution in [0.1, 0.15) is 17.3 Å². The van der Waals surface area contributed by atoms with Gasteiger partial charge in [-0.25, -0.2) is 13.4 Å². The number of aromatic nitrogens is 1. The van der Waals surface area contributed by atoms with Crippen molar-refractivity contribution in [2.24, 2.45) is 0 Å². The molecule has 1 N–H and O–H groups in total. The van der Waals surface area contributed by atoms with Gasteiger partial charge in [0.25, 0.3) is 0 Å². The first-order valence-electron chi connectivity index (χ1n) is 5.10. The number of hydrogen-bond donors (Lipinski definition) is 0. The lowest BCUT2D eigenvalue weighted by Crippen LogP contribution is -2.05. The number of aromatic amines is 1. The minimum atomic E-state index is -3.92. The molecule has 0 bridgehead atoms. The van der Waals surface area contributed by atoms with Crippen LogP contribution in [0, 0.1) is 0 Å². The fourth-order valence-electron chi connectivity index (χ4n) is 1.46. The van der Waals surface area contributed by atoms with Crippen molar-refractivity contribution >= 4 is 26.8 Å². The van der Waals surface area contributed by atoms with Crippen molar-refractivity contribution in [1.29, 1.82) is 0 Å². The minimum absolute atomic E-state index is 0.102. The van der Waals surface area contributed by atoms with E-state index in [1.54, 1.807) is 13.1 Å². The highest BCUT2D eigenvalue weighted by Gasteiger charge is 2.07. The Kier molecular flexibility index (Phi) is 4.52. The van der Waals surface area contributed by atoms with Crippen LogP contribution < -0.4 is 4.98 Å². The molecule has 0 aliphatic rings. The zero-order chi connectivity index (χ0) is 13.8. The van der Waals surface area contributed by atoms with Gasteiger partial charge in [-0.1, -0.05) is 12.1 Å². The predicted octanol–water partition coefficient (Wildman–Crippen LogP) is 1.02. The van der Waals surface area contributed by atoms with Gasteiger partial charge in [-0.15, -0.1) is 0 Å². The van der Waals surface area contributed by atoms with Crippen LogP contribution >= 0.6 is 0 Å². The van der Waals surface area contributed by atoms with Gasteiger partial charge in [-0.3, -0.25) is 4.79 Å². The van der Waals surface area contributed by atoms with Crippen molar-refractivity contribution in [1.82, 2.24) is 0 Å². The molecule has 0 radical (unpaired) electrons. The van der Waals surface area contributed by atoms with Crippen LogP contribution in [0.3, 0.4) is 0 Å². The number of ketones is 1. The number of Topliss-reactive ketones (excluding diaryl/α,β-unsaturated/α-hetero) is 1. The number of carbonyl (C=O) groups excluding carboxylic acids is 1. The summed E-state index contributed by atoms with van der Waals surface area (Å²) in [6.07, 6.45) is 2.39. The summed E-state index contributed by atoms with van der Waals surface area (Å²) < 4.78 is 27.2. The Hall–Kier alpha value is -1.79. The Labute approximate surface area is 105 Å². The molecule has 6 heteroatoms. The molecule has 0 amide bonds. The van der Waals surface area contributed by atoms with E-state index in [1.165, 1.54) is 0 Å². The van der Waals surface area contributed by atoms with E-state index in [0.29, 0.717) is 6.26 Å². The monoisotopic (exact) mass is 267 g/mol. The van der Waals surface area contributed by atoms with E-state index in [9.17, 15) is 4.79 Å². The largest absolute Gasteiger partial charge is 0.748 e. The summed E-state index contributed by atoms with van der Waals surface area (Å²) >= 11 is 0. The van der Waals surface area contributed by atoms with Crippen LogP contribution in [0.15, 0.2) is 36.5 Å². The molecule has 0 unspecified atom stereocenters. The van der Waals surface area contributed by atoms with Crippen LogP contribution in [0.4, 0.5) is 0 Å². The molecule has 0 saturated carbocycles. The molecule has 0 saturated heterocycles. The van der Waals surface area contributed by atoms with Gasteiger partial charge in [-0.2, -0.15) is 0 Å². The number of pyridine rings is 1. The Morgan fingerprint density at radius 1 is 1.22 bits per heavy atom. The summed E-state index contributed by atoms with van der Waals surface area (Å²) in [6.45, 7) is 1.59. The maximum absolute atomic E-state index is 11.2. The number of nitrogens with one attached hydrogen (secondary N) is 1. The number of benzene rings is 1. The molecule has 0 atom stereocenters. The molecule has 96 valence electrons. The zero-order valence-electron chi connectivity index (χ0n) is 10.0. The Morgan fingerprint density at radius 3 is 2.33 bits per heavy atom. The standard InChI is InChI=1S/C11H9NO.CH4O3S/c1-8(13)9-6-7-12-11-5-3-2-4-10(9)11;1-5(2,3)4/h2-7H,1H3;1H3,(H,2,3,4). The third-order valence-electron chi connectivity index (χ3n) is 2.09. The predicted molar refractivity (Wildman–Crippen MR) is 66.1 cm³/mol. The van der Waals surface area contributed by atoms with Crippen molar-refractivity contribution < 1.29 is 22.7 Å². The van der Waals surface area contributed by atoms with Gasteiger partial charge < -0.3 is 4.55 Å². The SMILES string of the molecule is CC(=O)c1cc[nH+]c2ccccc12.CS(=O)(=O)[O-]. The molecule has 18 heavy (non-hydrogen) atoms. The van der Waals surface area contributed by atoms with Crippen molar-refractivity contribution in [2.45, 2.75) is 6.92 Å². The van der Waals surface area contributed by atoms with Gasteiger partial charge in [0.2, 0.25) is 5.52 Å². The van der Waals surface area contributed by atoms with Crippen molar-refractivity contribution in [3.8, 4) is 0 Å². The highest BCUT2D eigenvalue weighted by atomic mass is 32.2. The summed E-state index contributed by atoms with van der Waals surface area (Å²) in [4.78, 5) is 14.3. The lowest BCUT2D eigenvalue weighted by Gasteiger charge is -1.96. The van der Waals surface area contributed by atoms with Gasteiger partial charge in [0.05, 0.1) is 15.5 Å². The third kappa shape index (κ3) is 4.60. The fourth-order valence-corrected chi connectivity index (χ4v) is 1.46. The number of rotatable bonds is 1. The van der Waals surface area contributed by atoms with E-state index in [1.807, 2.05) is 30.3 Å². The van der Waals surface area contributed by atoms with E-state index in [-0.39, 0.29) is 5.78 Å². The highest BCUT2D eigenvalue weighted by Crippen LogP contribution is 2.13. The first-order valence-corrected chi connectivity index (χ1v) is 6.92. The molecule has 0 aliphatic carbocycles. The van der Waals surface area contributed by atoms with Crippen molar-refractivity contribution in [2.75, 3.05) is 6.26 Å². The zero-order valence-corrected chi connectivity index (χ0v) is 10.8. The second-order valence-electron chi connectivity index (χ2n) is 3.70. The molecule has 2 aromatic rings. The molecule has 1 heterocycles. The van der Waals surface area contributed by atoms with E-state index in [2.05, 4.69) is 4.98 Å². The molecule has 1 aromatic heterocycles. The summed E-state index contributed by atoms with van der Waals surface area (Å²) in [7, 11) is -3.92. The van der Waals surface area contributed by atoms with Crippen LogP contribution in [-0.4, -0.2) is 25.0 Å². The first-order chi connectivity index (χ1) is 8.29. The van der Waals surface area contributed by atoms with E-state index in [0.717, 1.165) is 16.5 Å². The first kappa shape index (κ1) is 14.3. The van der Waals surface area contributed by atoms with Crippen LogP contribution in [-0.2, 0) is 10.1 Å². The summed E-state index contributed by atoms with van der Waals surface area (Å²) in [5.41, 5.74) is 1.77. The van der Waals surface area contributed by atoms with Crippen molar-refractivity contribution in [3.63, 3.8) is 0 Å². The van der Waals surface area contributed by atoms with Gasteiger partial charge in [-0.05, 0) is 13.0 Å². The number of carbonyl (C=O) groups is 1. The molecular weight excluding hydrogens is 254 g/mol. The maximum atomic E-state index is 11.2. The van der Waals surface area contributed by atoms with Gasteiger partial charge in [0, 0.05) is 24.0 Å². The Balaban J connectivity index is 0.000000280. The van der Waals surface area contributed by atoms with Gasteiger partial charge in [0.15, 0.2) is 12.0 Å². The summed E-state index contributed by atoms with van der Waals surface area (Å²) in [5.74, 6) is 0.102. The maximum Gasteiger partial charge on any atom is 0.211 e. The molecule has 1 aromatic carbocycles. The lowest BCUT2D eigenvalue weighted by molar-refractivity contribution is -0.344. The van der Waals surface area contributed by atoms with Crippen LogP contribution in [0.5, 0.6) is 0 Å². The Bertz CT molecular complexity index is 651. The smallest absolute Gasteiger partial charge is 0.211 e. The average molecular weight is 267 g/mol. The Morgan fingerprint density at radius 2 is 1.78 bits per heavy atom. The van der Waals surface area contributed by atoms with Gasteiger partial charge >= 0.3 is 0 Å². The van der Waals surface area contributed by atoms with Crippen LogP contribution in [0.2, 0.25) is 0 Å². The molecule has 0 aliphatic heterocycles. The van der Waals surface area contributed by atoms with E-state index in [4.69, 9.17) is 13.0 Å². The van der Waals surface area contributed by atoms with Crippen LogP contribution in [0.25, 0.3) is 10.9 Å². The third-order valence-corrected chi connectivity index (χ3v) is 2.09. The summed E-state index contributed by atoms with van der Waals surface area (Å²) in [6, 6.07) is 9.60. The average Bonchev–Trinajstić information content (AvgIpc) is 2.26. The molecule has 2 rings (SSSR count). The topological polar surface area (TPSA) is 88.4 Å².